The largest absolute Gasteiger partial charge is 0.463 e. The molecule has 29 heavy (non-hydrogen) atoms. The highest BCUT2D eigenvalue weighted by atomic mass is 16.5. The smallest absolute Gasteiger partial charge is 0.320 e. The van der Waals surface area contributed by atoms with Gasteiger partial charge in [-0.25, -0.2) is 0 Å². The summed E-state index contributed by atoms with van der Waals surface area (Å²) in [4.78, 5) is 25.2. The molecule has 0 aromatic carbocycles. The number of anilines is 2. The van der Waals surface area contributed by atoms with Crippen molar-refractivity contribution >= 4 is 17.5 Å². The summed E-state index contributed by atoms with van der Waals surface area (Å²) in [6.45, 7) is 9.97. The predicted octanol–water partition coefficient (Wildman–Crippen LogP) is 0.829. The van der Waals surface area contributed by atoms with Crippen LogP contribution in [-0.4, -0.2) is 79.9 Å². The summed E-state index contributed by atoms with van der Waals surface area (Å²) < 4.78 is 11.0. The van der Waals surface area contributed by atoms with Crippen LogP contribution in [0.2, 0.25) is 0 Å². The number of fused-ring (bicyclic) bond motifs is 1. The maximum Gasteiger partial charge on any atom is 0.320 e. The lowest BCUT2D eigenvalue weighted by Crippen LogP contribution is -2.37. The molecular formula is C20H34N6O3. The first-order chi connectivity index (χ1) is 14.2. The maximum atomic E-state index is 12.4. The van der Waals surface area contributed by atoms with Gasteiger partial charge in [-0.1, -0.05) is 13.3 Å². The fourth-order valence-corrected chi connectivity index (χ4v) is 3.57. The number of carbonyl (C=O) groups is 1. The fraction of sp³-hybridized carbons (Fsp3) is 0.750. The Morgan fingerprint density at radius 3 is 2.66 bits per heavy atom. The van der Waals surface area contributed by atoms with Crippen LogP contribution < -0.4 is 20.7 Å². The number of rotatable bonds is 12. The number of carbonyl (C=O) groups excluding carboxylic acids is 1. The molecular weight excluding hydrogens is 372 g/mol. The van der Waals surface area contributed by atoms with Gasteiger partial charge in [-0.3, -0.25) is 14.6 Å². The van der Waals surface area contributed by atoms with E-state index in [0.717, 1.165) is 77.2 Å². The first kappa shape index (κ1) is 21.7. The van der Waals surface area contributed by atoms with Gasteiger partial charge in [-0.15, -0.1) is 0 Å². The summed E-state index contributed by atoms with van der Waals surface area (Å²) in [7, 11) is 0. The van der Waals surface area contributed by atoms with Crippen molar-refractivity contribution in [3.63, 3.8) is 0 Å². The molecule has 9 heteroatoms. The van der Waals surface area contributed by atoms with Crippen molar-refractivity contribution in [2.45, 2.75) is 39.0 Å². The van der Waals surface area contributed by atoms with Crippen LogP contribution in [0.25, 0.3) is 0 Å². The molecule has 162 valence electrons. The Morgan fingerprint density at radius 1 is 1.14 bits per heavy atom. The Labute approximate surface area is 172 Å². The molecule has 0 bridgehead atoms. The number of ether oxygens (including phenoxy) is 2. The van der Waals surface area contributed by atoms with E-state index < -0.39 is 0 Å². The summed E-state index contributed by atoms with van der Waals surface area (Å²) in [6.07, 6.45) is 4.21. The Morgan fingerprint density at radius 2 is 1.90 bits per heavy atom. The second-order valence-electron chi connectivity index (χ2n) is 7.53. The van der Waals surface area contributed by atoms with E-state index in [0.29, 0.717) is 24.8 Å². The molecule has 0 aliphatic carbocycles. The van der Waals surface area contributed by atoms with Crippen molar-refractivity contribution in [1.82, 2.24) is 20.2 Å². The van der Waals surface area contributed by atoms with Crippen LogP contribution in [-0.2, 0) is 16.0 Å². The van der Waals surface area contributed by atoms with Crippen LogP contribution in [0.3, 0.4) is 0 Å². The van der Waals surface area contributed by atoms with E-state index in [1.807, 2.05) is 0 Å². The number of morpholine rings is 1. The third-order valence-electron chi connectivity index (χ3n) is 5.28. The maximum absolute atomic E-state index is 12.4. The summed E-state index contributed by atoms with van der Waals surface area (Å²) >= 11 is 0. The second kappa shape index (κ2) is 11.3. The van der Waals surface area contributed by atoms with Gasteiger partial charge in [0.15, 0.2) is 0 Å². The SMILES string of the molecule is CCCCOc1nc(N)c2c(n1)N(CCCNCCCN1CCOCC1)C(=O)C2. The summed E-state index contributed by atoms with van der Waals surface area (Å²) in [5.74, 6) is 0.985. The van der Waals surface area contributed by atoms with Gasteiger partial charge in [0, 0.05) is 25.2 Å². The van der Waals surface area contributed by atoms with Gasteiger partial charge in [0.2, 0.25) is 5.91 Å². The monoisotopic (exact) mass is 406 g/mol. The summed E-state index contributed by atoms with van der Waals surface area (Å²) in [5, 5.41) is 3.47. The molecule has 0 spiro atoms. The molecule has 9 nitrogen and oxygen atoms in total. The number of hydrogen-bond donors (Lipinski definition) is 2. The van der Waals surface area contributed by atoms with Crippen molar-refractivity contribution in [3.05, 3.63) is 5.56 Å². The predicted molar refractivity (Wildman–Crippen MR) is 112 cm³/mol. The van der Waals surface area contributed by atoms with E-state index in [9.17, 15) is 4.79 Å². The minimum absolute atomic E-state index is 0.0269. The summed E-state index contributed by atoms with van der Waals surface area (Å²) in [6, 6.07) is 0.260. The molecule has 1 fully saturated rings. The lowest BCUT2D eigenvalue weighted by Gasteiger charge is -2.26. The van der Waals surface area contributed by atoms with E-state index in [-0.39, 0.29) is 18.3 Å². The van der Waals surface area contributed by atoms with E-state index in [4.69, 9.17) is 15.2 Å². The number of nitrogens with two attached hydrogens (primary N) is 1. The number of hydrogen-bond acceptors (Lipinski definition) is 8. The number of nitrogens with one attached hydrogen (secondary N) is 1. The van der Waals surface area contributed by atoms with Crippen molar-refractivity contribution < 1.29 is 14.3 Å². The van der Waals surface area contributed by atoms with Crippen LogP contribution in [0.15, 0.2) is 0 Å². The van der Waals surface area contributed by atoms with Crippen LogP contribution in [0.1, 0.15) is 38.2 Å². The van der Waals surface area contributed by atoms with Gasteiger partial charge < -0.3 is 20.5 Å². The highest BCUT2D eigenvalue weighted by Gasteiger charge is 2.31. The minimum atomic E-state index is 0.0269. The zero-order chi connectivity index (χ0) is 20.5. The molecule has 0 saturated carbocycles. The molecule has 3 heterocycles. The highest BCUT2D eigenvalue weighted by molar-refractivity contribution is 6.01. The third-order valence-corrected chi connectivity index (χ3v) is 5.28. The van der Waals surface area contributed by atoms with Gasteiger partial charge in [-0.05, 0) is 38.9 Å². The van der Waals surface area contributed by atoms with Crippen LogP contribution in [0.5, 0.6) is 6.01 Å². The Kier molecular flexibility index (Phi) is 8.45. The van der Waals surface area contributed by atoms with Crippen molar-refractivity contribution in [3.8, 4) is 6.01 Å². The number of aromatic nitrogens is 2. The number of unbranched alkanes of at least 4 members (excludes halogenated alkanes) is 1. The van der Waals surface area contributed by atoms with Gasteiger partial charge in [0.05, 0.1) is 26.2 Å². The van der Waals surface area contributed by atoms with Gasteiger partial charge in [0.1, 0.15) is 11.6 Å². The van der Waals surface area contributed by atoms with E-state index in [2.05, 4.69) is 27.1 Å². The van der Waals surface area contributed by atoms with Gasteiger partial charge in [0.25, 0.3) is 0 Å². The number of nitrogens with zero attached hydrogens (tertiary/aromatic N) is 4. The Hall–Kier alpha value is -1.97. The van der Waals surface area contributed by atoms with Crippen LogP contribution in [0, 0.1) is 0 Å². The van der Waals surface area contributed by atoms with E-state index in [1.54, 1.807) is 4.90 Å². The first-order valence-electron chi connectivity index (χ1n) is 10.8. The zero-order valence-electron chi connectivity index (χ0n) is 17.5. The van der Waals surface area contributed by atoms with Gasteiger partial charge in [-0.2, -0.15) is 9.97 Å². The average Bonchev–Trinajstić information content (AvgIpc) is 3.04. The Bertz CT molecular complexity index is 666. The molecule has 3 rings (SSSR count). The Balaban J connectivity index is 1.40. The second-order valence-corrected chi connectivity index (χ2v) is 7.53. The normalized spacial score (nSPS) is 17.0. The number of amides is 1. The van der Waals surface area contributed by atoms with Crippen molar-refractivity contribution in [1.29, 1.82) is 0 Å². The molecule has 1 amide bonds. The average molecular weight is 407 g/mol. The topological polar surface area (TPSA) is 106 Å². The van der Waals surface area contributed by atoms with E-state index >= 15 is 0 Å². The highest BCUT2D eigenvalue weighted by Crippen LogP contribution is 2.32. The quantitative estimate of drug-likeness (QED) is 0.492. The standard InChI is InChI=1S/C20H34N6O3/c1-2-3-12-29-20-23-18(21)16-15-17(27)26(19(16)24-20)9-5-7-22-6-4-8-25-10-13-28-14-11-25/h22H,2-15H2,1H3,(H2,21,23,24). The van der Waals surface area contributed by atoms with Crippen LogP contribution >= 0.6 is 0 Å². The fourth-order valence-electron chi connectivity index (χ4n) is 3.57. The molecule has 1 aromatic rings. The molecule has 0 radical (unpaired) electrons. The molecule has 0 unspecified atom stereocenters. The molecule has 1 aromatic heterocycles. The third kappa shape index (κ3) is 6.25. The molecule has 2 aliphatic heterocycles. The van der Waals surface area contributed by atoms with E-state index in [1.165, 1.54) is 0 Å². The van der Waals surface area contributed by atoms with Crippen LogP contribution in [0.4, 0.5) is 11.6 Å². The number of nitrogen functional groups attached to an aromatic ring is 1. The zero-order valence-corrected chi connectivity index (χ0v) is 17.5. The van der Waals surface area contributed by atoms with Gasteiger partial charge >= 0.3 is 6.01 Å². The van der Waals surface area contributed by atoms with Crippen molar-refractivity contribution in [2.24, 2.45) is 0 Å². The molecule has 2 aliphatic rings. The molecule has 3 N–H and O–H groups in total. The minimum Gasteiger partial charge on any atom is -0.463 e. The first-order valence-corrected chi connectivity index (χ1v) is 10.8. The lowest BCUT2D eigenvalue weighted by molar-refractivity contribution is -0.117. The molecule has 0 atom stereocenters. The summed E-state index contributed by atoms with van der Waals surface area (Å²) in [5.41, 5.74) is 6.76. The van der Waals surface area contributed by atoms with Crippen molar-refractivity contribution in [2.75, 3.05) is 69.7 Å². The lowest BCUT2D eigenvalue weighted by atomic mass is 10.2. The molecule has 1 saturated heterocycles.